The molecule has 0 amide bonds. The quantitative estimate of drug-likeness (QED) is 0.575. The molecule has 0 aliphatic heterocycles. The van der Waals surface area contributed by atoms with Gasteiger partial charge in [0.2, 0.25) is 0 Å². The van der Waals surface area contributed by atoms with Crippen molar-refractivity contribution in [3.8, 4) is 0 Å². The van der Waals surface area contributed by atoms with E-state index in [1.54, 1.807) is 0 Å². The molecule has 13 heavy (non-hydrogen) atoms. The zero-order chi connectivity index (χ0) is 8.81. The van der Waals surface area contributed by atoms with Gasteiger partial charge in [-0.05, 0) is 0 Å². The molecule has 0 saturated heterocycles. The molecule has 2 nitrogen and oxygen atoms in total. The summed E-state index contributed by atoms with van der Waals surface area (Å²) in [6.07, 6.45) is 6.67. The summed E-state index contributed by atoms with van der Waals surface area (Å²) in [5.41, 5.74) is 0. The van der Waals surface area contributed by atoms with E-state index in [1.807, 2.05) is 6.92 Å². The number of carbonyl (C=O) groups excluding carboxylic acids is 1. The fourth-order valence-electron chi connectivity index (χ4n) is 1.85. The van der Waals surface area contributed by atoms with Gasteiger partial charge >= 0.3 is 81.4 Å². The third-order valence-electron chi connectivity index (χ3n) is 2.49. The predicted molar refractivity (Wildman–Crippen MR) is 59.3 cm³/mol. The third kappa shape index (κ3) is 6.00. The van der Waals surface area contributed by atoms with E-state index in [0.29, 0.717) is 6.61 Å². The first-order chi connectivity index (χ1) is 5.83. The number of halogens is 1. The maximum atomic E-state index is 11.2. The van der Waals surface area contributed by atoms with Gasteiger partial charge in [0, 0.05) is 0 Å². The zero-order valence-corrected chi connectivity index (χ0v) is 13.5. The second kappa shape index (κ2) is 8.16. The molecule has 0 heterocycles. The van der Waals surface area contributed by atoms with Crippen LogP contribution in [0.25, 0.3) is 0 Å². The first-order valence-electron chi connectivity index (χ1n) is 4.98. The number of hydrogen-bond donors (Lipinski definition) is 0. The molecule has 74 valence electrons. The molecule has 0 aromatic carbocycles. The molecule has 0 radical (unpaired) electrons. The van der Waals surface area contributed by atoms with Crippen LogP contribution in [0.15, 0.2) is 0 Å². The number of carbonyl (C=O) groups is 1. The standard InChI is InChI=1S/C6H11.C3H5O2.HI.Zn/c1-2-4-6-5-3-1;1-2-5-3-4;;/h1H,2-6H2;2H2,1H3;1H;. The Morgan fingerprint density at radius 2 is 2.00 bits per heavy atom. The van der Waals surface area contributed by atoms with Gasteiger partial charge in [0.25, 0.3) is 0 Å². The van der Waals surface area contributed by atoms with Crippen molar-refractivity contribution >= 4 is 28.5 Å². The van der Waals surface area contributed by atoms with E-state index in [-0.39, 0.29) is 28.5 Å². The van der Waals surface area contributed by atoms with Crippen molar-refractivity contribution in [2.24, 2.45) is 0 Å². The Labute approximate surface area is 105 Å². The van der Waals surface area contributed by atoms with E-state index in [2.05, 4.69) is 0 Å². The Morgan fingerprint density at radius 3 is 2.54 bits per heavy atom. The number of rotatable bonds is 3. The summed E-state index contributed by atoms with van der Waals surface area (Å²) in [5, 5.41) is 0. The summed E-state index contributed by atoms with van der Waals surface area (Å²) >= 11 is -1.01. The second-order valence-electron chi connectivity index (χ2n) is 3.51. The van der Waals surface area contributed by atoms with E-state index in [9.17, 15) is 4.79 Å². The van der Waals surface area contributed by atoms with Crippen molar-refractivity contribution in [3.05, 3.63) is 0 Å². The van der Waals surface area contributed by atoms with Crippen molar-refractivity contribution in [2.75, 3.05) is 6.61 Å². The second-order valence-corrected chi connectivity index (χ2v) is 8.00. The molecule has 1 rings (SSSR count). The molecule has 0 N–H and O–H groups in total. The largest absolute Gasteiger partial charge is 0.107 e. The molecule has 1 fully saturated rings. The van der Waals surface area contributed by atoms with Gasteiger partial charge in [-0.3, -0.25) is 0 Å². The molecule has 0 spiro atoms. The summed E-state index contributed by atoms with van der Waals surface area (Å²) in [6.45, 7) is 2.46. The van der Waals surface area contributed by atoms with Crippen LogP contribution in [0.2, 0.25) is 4.51 Å². The van der Waals surface area contributed by atoms with Crippen LogP contribution in [0.1, 0.15) is 39.0 Å². The van der Waals surface area contributed by atoms with E-state index in [4.69, 9.17) is 4.74 Å². The average Bonchev–Trinajstić information content (AvgIpc) is 2.06. The van der Waals surface area contributed by atoms with E-state index in [1.165, 1.54) is 32.1 Å². The van der Waals surface area contributed by atoms with Gasteiger partial charge in [-0.2, -0.15) is 0 Å². The average molecular weight is 350 g/mol. The van der Waals surface area contributed by atoms with Crippen molar-refractivity contribution < 1.29 is 26.7 Å². The third-order valence-corrected chi connectivity index (χ3v) is 6.54. The maximum absolute atomic E-state index is 11.2. The predicted octanol–water partition coefficient (Wildman–Crippen LogP) is 3.60. The van der Waals surface area contributed by atoms with E-state index in [0.717, 1.165) is 4.51 Å². The number of ether oxygens (including phenoxy) is 1. The first-order valence-corrected chi connectivity index (χ1v) is 8.18. The van der Waals surface area contributed by atoms with Crippen molar-refractivity contribution in [3.63, 3.8) is 0 Å². The molecule has 4 heteroatoms. The molecule has 1 aliphatic carbocycles. The van der Waals surface area contributed by atoms with Gasteiger partial charge < -0.3 is 0 Å². The first kappa shape index (κ1) is 13.8. The normalized spacial score (nSPS) is 17.0. The van der Waals surface area contributed by atoms with E-state index < -0.39 is 17.1 Å². The summed E-state index contributed by atoms with van der Waals surface area (Å²) in [5.74, 6) is 0. The van der Waals surface area contributed by atoms with Crippen LogP contribution in [0, 0.1) is 0 Å². The summed E-state index contributed by atoms with van der Waals surface area (Å²) in [6, 6.07) is 0. The molecule has 0 aromatic rings. The fourth-order valence-corrected chi connectivity index (χ4v) is 5.58. The maximum Gasteiger partial charge on any atom is -0.107 e. The monoisotopic (exact) mass is 348 g/mol. The van der Waals surface area contributed by atoms with Crippen molar-refractivity contribution in [2.45, 2.75) is 43.5 Å². The smallest absolute Gasteiger partial charge is 0.107 e. The minimum absolute atomic E-state index is 0. The molecule has 0 unspecified atom stereocenters. The molecule has 1 saturated carbocycles. The Bertz CT molecular complexity index is 147. The Hall–Kier alpha value is 0.823. The fraction of sp³-hybridized carbons (Fsp3) is 0.889. The summed E-state index contributed by atoms with van der Waals surface area (Å²) < 4.78 is 5.96. The minimum Gasteiger partial charge on any atom is -0.107 e. The molecule has 0 bridgehead atoms. The van der Waals surface area contributed by atoms with Gasteiger partial charge in [-0.25, -0.2) is 0 Å². The molecule has 1 aliphatic rings. The van der Waals surface area contributed by atoms with Gasteiger partial charge in [0.1, 0.15) is 0 Å². The van der Waals surface area contributed by atoms with Crippen LogP contribution in [-0.2, 0) is 21.9 Å². The number of hydrogen-bond acceptors (Lipinski definition) is 2. The Balaban J connectivity index is 0.00000144. The molecule has 0 atom stereocenters. The van der Waals surface area contributed by atoms with Crippen LogP contribution < -0.4 is 0 Å². The van der Waals surface area contributed by atoms with Crippen LogP contribution in [0.4, 0.5) is 4.79 Å². The van der Waals surface area contributed by atoms with Gasteiger partial charge in [0.05, 0.1) is 0 Å². The SMILES string of the molecule is CCO[C](=O)[Zn][CH]1CCCCC1.I. The van der Waals surface area contributed by atoms with E-state index >= 15 is 0 Å². The van der Waals surface area contributed by atoms with Gasteiger partial charge in [-0.15, -0.1) is 24.0 Å². The Kier molecular flexibility index (Phi) is 8.67. The van der Waals surface area contributed by atoms with Crippen molar-refractivity contribution in [1.82, 2.24) is 0 Å². The van der Waals surface area contributed by atoms with Crippen LogP contribution in [0.3, 0.4) is 0 Å². The molecular weight excluding hydrogens is 332 g/mol. The Morgan fingerprint density at radius 1 is 1.38 bits per heavy atom. The van der Waals surface area contributed by atoms with Crippen LogP contribution >= 0.6 is 24.0 Å². The van der Waals surface area contributed by atoms with Crippen LogP contribution in [0.5, 0.6) is 0 Å². The molecular formula is C9H17IO2Zn. The summed E-state index contributed by atoms with van der Waals surface area (Å²) in [7, 11) is 0. The minimum atomic E-state index is -1.01. The van der Waals surface area contributed by atoms with Gasteiger partial charge in [0.15, 0.2) is 0 Å². The topological polar surface area (TPSA) is 26.3 Å². The van der Waals surface area contributed by atoms with Gasteiger partial charge in [-0.1, -0.05) is 0 Å². The summed E-state index contributed by atoms with van der Waals surface area (Å²) in [4.78, 5) is 11.2. The zero-order valence-electron chi connectivity index (χ0n) is 8.25. The molecule has 0 aromatic heterocycles. The van der Waals surface area contributed by atoms with Crippen molar-refractivity contribution in [1.29, 1.82) is 0 Å². The van der Waals surface area contributed by atoms with Crippen LogP contribution in [-0.4, -0.2) is 11.2 Å².